The highest BCUT2D eigenvalue weighted by atomic mass is 16.4. The Morgan fingerprint density at radius 2 is 2.16 bits per heavy atom. The Balaban J connectivity index is 2.68. The molecule has 5 heteroatoms. The molecule has 0 fully saturated rings. The summed E-state index contributed by atoms with van der Waals surface area (Å²) in [7, 11) is 0. The number of benzene rings is 1. The molecule has 104 valence electrons. The van der Waals surface area contributed by atoms with E-state index in [0.29, 0.717) is 6.54 Å². The Bertz CT molecular complexity index is 470. The molecule has 1 atom stereocenters. The number of carbonyl (C=O) groups is 1. The van der Waals surface area contributed by atoms with Crippen LogP contribution in [0.2, 0.25) is 0 Å². The minimum Gasteiger partial charge on any atom is -0.409 e. The molecule has 0 bridgehead atoms. The second-order valence-corrected chi connectivity index (χ2v) is 4.95. The molecule has 5 nitrogen and oxygen atoms in total. The standard InChI is InChI=1S/C14H21N3O2/c1-9(2)12(13(15)17-19)14(18)16-8-11-6-4-5-10(3)7-11/h4-7,9,12,19H,8H2,1-3H3,(H2,15,17)(H,16,18). The fourth-order valence-corrected chi connectivity index (χ4v) is 1.96. The first-order chi connectivity index (χ1) is 8.95. The maximum absolute atomic E-state index is 12.1. The van der Waals surface area contributed by atoms with Crippen molar-refractivity contribution in [3.05, 3.63) is 35.4 Å². The predicted molar refractivity (Wildman–Crippen MR) is 74.8 cm³/mol. The van der Waals surface area contributed by atoms with Gasteiger partial charge >= 0.3 is 0 Å². The monoisotopic (exact) mass is 263 g/mol. The van der Waals surface area contributed by atoms with Gasteiger partial charge in [0.1, 0.15) is 5.92 Å². The van der Waals surface area contributed by atoms with E-state index < -0.39 is 5.92 Å². The largest absolute Gasteiger partial charge is 0.409 e. The van der Waals surface area contributed by atoms with Gasteiger partial charge in [-0.25, -0.2) is 0 Å². The van der Waals surface area contributed by atoms with Gasteiger partial charge in [0.05, 0.1) is 0 Å². The quantitative estimate of drug-likeness (QED) is 0.326. The Hall–Kier alpha value is -2.04. The first-order valence-corrected chi connectivity index (χ1v) is 6.26. The summed E-state index contributed by atoms with van der Waals surface area (Å²) in [6.07, 6.45) is 0. The van der Waals surface area contributed by atoms with E-state index in [1.807, 2.05) is 45.0 Å². The Morgan fingerprint density at radius 3 is 2.68 bits per heavy atom. The van der Waals surface area contributed by atoms with E-state index in [1.165, 1.54) is 0 Å². The van der Waals surface area contributed by atoms with Crippen LogP contribution in [0.3, 0.4) is 0 Å². The average Bonchev–Trinajstić information content (AvgIpc) is 2.36. The molecular weight excluding hydrogens is 242 g/mol. The minimum absolute atomic E-state index is 0.0339. The number of nitrogens with two attached hydrogens (primary N) is 1. The van der Waals surface area contributed by atoms with Crippen molar-refractivity contribution in [1.29, 1.82) is 0 Å². The van der Waals surface area contributed by atoms with Crippen molar-refractivity contribution in [3.8, 4) is 0 Å². The summed E-state index contributed by atoms with van der Waals surface area (Å²) in [6.45, 7) is 6.14. The molecule has 0 saturated heterocycles. The molecule has 0 aliphatic rings. The summed E-state index contributed by atoms with van der Waals surface area (Å²) >= 11 is 0. The van der Waals surface area contributed by atoms with Gasteiger partial charge in [0.2, 0.25) is 5.91 Å². The third-order valence-corrected chi connectivity index (χ3v) is 2.93. The van der Waals surface area contributed by atoms with E-state index in [1.54, 1.807) is 0 Å². The highest BCUT2D eigenvalue weighted by Crippen LogP contribution is 2.12. The number of hydrogen-bond acceptors (Lipinski definition) is 3. The second kappa shape index (κ2) is 6.78. The normalized spacial score (nSPS) is 13.4. The maximum atomic E-state index is 12.1. The van der Waals surface area contributed by atoms with Crippen LogP contribution in [0.4, 0.5) is 0 Å². The van der Waals surface area contributed by atoms with Crippen LogP contribution in [0.5, 0.6) is 0 Å². The van der Waals surface area contributed by atoms with Crippen molar-refractivity contribution in [2.45, 2.75) is 27.3 Å². The number of nitrogens with one attached hydrogen (secondary N) is 1. The first kappa shape index (κ1) is 15.0. The minimum atomic E-state index is -0.616. The zero-order valence-corrected chi connectivity index (χ0v) is 11.6. The first-order valence-electron chi connectivity index (χ1n) is 6.26. The molecule has 1 amide bonds. The van der Waals surface area contributed by atoms with Gasteiger partial charge in [-0.15, -0.1) is 0 Å². The Labute approximate surface area is 113 Å². The zero-order valence-electron chi connectivity index (χ0n) is 11.6. The van der Waals surface area contributed by atoms with Crippen molar-refractivity contribution in [1.82, 2.24) is 5.32 Å². The number of nitrogens with zero attached hydrogens (tertiary/aromatic N) is 1. The molecule has 0 heterocycles. The molecule has 0 aromatic heterocycles. The summed E-state index contributed by atoms with van der Waals surface area (Å²) in [5, 5.41) is 14.5. The molecule has 0 aliphatic heterocycles. The number of oxime groups is 1. The second-order valence-electron chi connectivity index (χ2n) is 4.95. The third-order valence-electron chi connectivity index (χ3n) is 2.93. The topological polar surface area (TPSA) is 87.7 Å². The van der Waals surface area contributed by atoms with E-state index in [4.69, 9.17) is 10.9 Å². The lowest BCUT2D eigenvalue weighted by Crippen LogP contribution is -2.41. The Kier molecular flexibility index (Phi) is 5.36. The molecule has 1 rings (SSSR count). The molecule has 1 aromatic rings. The van der Waals surface area contributed by atoms with Gasteiger partial charge in [0.25, 0.3) is 0 Å². The number of hydrogen-bond donors (Lipinski definition) is 3. The lowest BCUT2D eigenvalue weighted by Gasteiger charge is -2.18. The number of aryl methyl sites for hydroxylation is 1. The van der Waals surface area contributed by atoms with Crippen molar-refractivity contribution in [2.75, 3.05) is 0 Å². The molecule has 0 spiro atoms. The van der Waals surface area contributed by atoms with Gasteiger partial charge in [-0.05, 0) is 18.4 Å². The van der Waals surface area contributed by atoms with E-state index in [0.717, 1.165) is 11.1 Å². The fraction of sp³-hybridized carbons (Fsp3) is 0.429. The van der Waals surface area contributed by atoms with Crippen LogP contribution in [0.15, 0.2) is 29.4 Å². The zero-order chi connectivity index (χ0) is 14.4. The number of carbonyl (C=O) groups excluding carboxylic acids is 1. The van der Waals surface area contributed by atoms with Crippen LogP contribution in [0.25, 0.3) is 0 Å². The predicted octanol–water partition coefficient (Wildman–Crippen LogP) is 1.63. The molecule has 4 N–H and O–H groups in total. The molecule has 1 aromatic carbocycles. The number of amides is 1. The van der Waals surface area contributed by atoms with E-state index >= 15 is 0 Å². The van der Waals surface area contributed by atoms with Crippen molar-refractivity contribution in [2.24, 2.45) is 22.7 Å². The average molecular weight is 263 g/mol. The summed E-state index contributed by atoms with van der Waals surface area (Å²) in [4.78, 5) is 12.1. The molecular formula is C14H21N3O2. The molecule has 1 unspecified atom stereocenters. The van der Waals surface area contributed by atoms with E-state index in [-0.39, 0.29) is 17.7 Å². The van der Waals surface area contributed by atoms with Crippen molar-refractivity contribution < 1.29 is 10.0 Å². The molecule has 19 heavy (non-hydrogen) atoms. The smallest absolute Gasteiger partial charge is 0.231 e. The summed E-state index contributed by atoms with van der Waals surface area (Å²) in [5.41, 5.74) is 7.72. The fourth-order valence-electron chi connectivity index (χ4n) is 1.96. The lowest BCUT2D eigenvalue weighted by molar-refractivity contribution is -0.124. The van der Waals surface area contributed by atoms with Crippen LogP contribution in [-0.2, 0) is 11.3 Å². The van der Waals surface area contributed by atoms with E-state index in [2.05, 4.69) is 10.5 Å². The van der Waals surface area contributed by atoms with Gasteiger partial charge in [-0.3, -0.25) is 4.79 Å². The van der Waals surface area contributed by atoms with Crippen molar-refractivity contribution in [3.63, 3.8) is 0 Å². The maximum Gasteiger partial charge on any atom is 0.231 e. The molecule has 0 radical (unpaired) electrons. The van der Waals surface area contributed by atoms with Crippen LogP contribution in [0.1, 0.15) is 25.0 Å². The van der Waals surface area contributed by atoms with Gasteiger partial charge < -0.3 is 16.3 Å². The van der Waals surface area contributed by atoms with Crippen molar-refractivity contribution >= 4 is 11.7 Å². The highest BCUT2D eigenvalue weighted by molar-refractivity contribution is 6.02. The van der Waals surface area contributed by atoms with Gasteiger partial charge in [0.15, 0.2) is 5.84 Å². The summed E-state index contributed by atoms with van der Waals surface area (Å²) in [5.74, 6) is -0.938. The van der Waals surface area contributed by atoms with Crippen LogP contribution in [0, 0.1) is 18.8 Å². The SMILES string of the molecule is Cc1cccc(CNC(=O)C(C(N)=NO)C(C)C)c1. The number of amidine groups is 1. The van der Waals surface area contributed by atoms with E-state index in [9.17, 15) is 4.79 Å². The molecule has 0 aliphatic carbocycles. The van der Waals surface area contributed by atoms with Gasteiger partial charge in [-0.2, -0.15) is 0 Å². The van der Waals surface area contributed by atoms with Gasteiger partial charge in [-0.1, -0.05) is 48.8 Å². The van der Waals surface area contributed by atoms with Crippen LogP contribution < -0.4 is 11.1 Å². The summed E-state index contributed by atoms with van der Waals surface area (Å²) in [6, 6.07) is 7.90. The molecule has 0 saturated carbocycles. The van der Waals surface area contributed by atoms with Crippen LogP contribution >= 0.6 is 0 Å². The number of rotatable bonds is 5. The Morgan fingerprint density at radius 1 is 1.47 bits per heavy atom. The third kappa shape index (κ3) is 4.28. The highest BCUT2D eigenvalue weighted by Gasteiger charge is 2.26. The summed E-state index contributed by atoms with van der Waals surface area (Å²) < 4.78 is 0. The lowest BCUT2D eigenvalue weighted by atomic mass is 9.94. The van der Waals surface area contributed by atoms with Gasteiger partial charge in [0, 0.05) is 6.54 Å². The van der Waals surface area contributed by atoms with Crippen LogP contribution in [-0.4, -0.2) is 17.0 Å².